The van der Waals surface area contributed by atoms with Crippen LogP contribution in [0.4, 0.5) is 23.7 Å². The Balaban J connectivity index is 1.93. The van der Waals surface area contributed by atoms with E-state index in [1.54, 1.807) is 6.07 Å². The van der Waals surface area contributed by atoms with Crippen LogP contribution < -0.4 is 16.2 Å². The number of carbonyl (C=O) groups excluding carboxylic acids is 2. The lowest BCUT2D eigenvalue weighted by atomic mass is 10.2. The molecule has 1 aromatic carbocycles. The van der Waals surface area contributed by atoms with E-state index in [2.05, 4.69) is 48.0 Å². The number of rotatable bonds is 2. The summed E-state index contributed by atoms with van der Waals surface area (Å²) < 4.78 is 39.2. The Labute approximate surface area is 154 Å². The van der Waals surface area contributed by atoms with Crippen molar-refractivity contribution < 1.29 is 22.8 Å². The Hall–Kier alpha value is -1.59. The molecule has 0 aliphatic carbocycles. The Morgan fingerprint density at radius 1 is 1.08 bits per heavy atom. The second-order valence-electron chi connectivity index (χ2n) is 4.34. The van der Waals surface area contributed by atoms with E-state index in [0.29, 0.717) is 13.1 Å². The molecule has 0 fully saturated rings. The molecular formula is C13H8Br2F3N3O2S. The van der Waals surface area contributed by atoms with Gasteiger partial charge in [-0.25, -0.2) is 10.2 Å². The van der Waals surface area contributed by atoms with Crippen LogP contribution in [-0.4, -0.2) is 11.9 Å². The highest BCUT2D eigenvalue weighted by molar-refractivity contribution is 9.13. The zero-order valence-corrected chi connectivity index (χ0v) is 15.5. The molecule has 24 heavy (non-hydrogen) atoms. The molecule has 1 aromatic heterocycles. The van der Waals surface area contributed by atoms with Crippen LogP contribution in [0, 0.1) is 0 Å². The van der Waals surface area contributed by atoms with Crippen LogP contribution in [0.1, 0.15) is 15.2 Å². The SMILES string of the molecule is O=C(NNC(=O)c1cc(Br)c(Br)s1)Nc1cccc(C(F)(F)F)c1. The van der Waals surface area contributed by atoms with Crippen molar-refractivity contribution in [2.45, 2.75) is 6.18 Å². The van der Waals surface area contributed by atoms with Crippen molar-refractivity contribution in [3.05, 3.63) is 49.0 Å². The van der Waals surface area contributed by atoms with Crippen LogP contribution in [0.15, 0.2) is 38.6 Å². The Morgan fingerprint density at radius 2 is 1.79 bits per heavy atom. The topological polar surface area (TPSA) is 70.2 Å². The number of amides is 3. The van der Waals surface area contributed by atoms with Crippen molar-refractivity contribution in [1.82, 2.24) is 10.9 Å². The monoisotopic (exact) mass is 485 g/mol. The van der Waals surface area contributed by atoms with Gasteiger partial charge in [0.25, 0.3) is 5.91 Å². The molecule has 0 spiro atoms. The van der Waals surface area contributed by atoms with Gasteiger partial charge in [0.05, 0.1) is 14.2 Å². The van der Waals surface area contributed by atoms with Gasteiger partial charge in [0.2, 0.25) is 0 Å². The number of hydrogen-bond acceptors (Lipinski definition) is 3. The average Bonchev–Trinajstić information content (AvgIpc) is 2.84. The van der Waals surface area contributed by atoms with Gasteiger partial charge in [-0.1, -0.05) is 6.07 Å². The third-order valence-corrected chi connectivity index (χ3v) is 5.86. The summed E-state index contributed by atoms with van der Waals surface area (Å²) >= 11 is 7.60. The van der Waals surface area contributed by atoms with Gasteiger partial charge in [0.15, 0.2) is 0 Å². The maximum Gasteiger partial charge on any atom is 0.416 e. The van der Waals surface area contributed by atoms with E-state index in [-0.39, 0.29) is 5.69 Å². The molecule has 0 bridgehead atoms. The number of nitrogens with one attached hydrogen (secondary N) is 3. The van der Waals surface area contributed by atoms with E-state index in [0.717, 1.165) is 29.5 Å². The smallest absolute Gasteiger partial charge is 0.307 e. The summed E-state index contributed by atoms with van der Waals surface area (Å²) in [4.78, 5) is 23.8. The number of anilines is 1. The van der Waals surface area contributed by atoms with E-state index in [9.17, 15) is 22.8 Å². The molecule has 3 amide bonds. The fourth-order valence-corrected chi connectivity index (χ4v) is 3.50. The Bertz CT molecular complexity index is 761. The van der Waals surface area contributed by atoms with Crippen molar-refractivity contribution in [2.75, 3.05) is 5.32 Å². The van der Waals surface area contributed by atoms with E-state index in [1.807, 2.05) is 0 Å². The van der Waals surface area contributed by atoms with Crippen molar-refractivity contribution in [3.63, 3.8) is 0 Å². The molecule has 0 atom stereocenters. The maximum atomic E-state index is 12.6. The van der Waals surface area contributed by atoms with Crippen LogP contribution in [0.2, 0.25) is 0 Å². The highest BCUT2D eigenvalue weighted by Gasteiger charge is 2.30. The van der Waals surface area contributed by atoms with E-state index >= 15 is 0 Å². The predicted molar refractivity (Wildman–Crippen MR) is 90.8 cm³/mol. The quantitative estimate of drug-likeness (QED) is 0.535. The summed E-state index contributed by atoms with van der Waals surface area (Å²) in [6, 6.07) is 4.81. The minimum absolute atomic E-state index is 0.0572. The maximum absolute atomic E-state index is 12.6. The normalized spacial score (nSPS) is 11.0. The van der Waals surface area contributed by atoms with Gasteiger partial charge in [-0.2, -0.15) is 13.2 Å². The predicted octanol–water partition coefficient (Wildman–Crippen LogP) is 4.76. The van der Waals surface area contributed by atoms with Crippen molar-refractivity contribution in [3.8, 4) is 0 Å². The first-order valence-electron chi connectivity index (χ1n) is 6.16. The number of thiophene rings is 1. The summed E-state index contributed by atoms with van der Waals surface area (Å²) in [6.07, 6.45) is -4.51. The van der Waals surface area contributed by atoms with Crippen molar-refractivity contribution in [1.29, 1.82) is 0 Å². The molecule has 0 saturated carbocycles. The number of urea groups is 1. The van der Waals surface area contributed by atoms with E-state index in [1.165, 1.54) is 6.07 Å². The van der Waals surface area contributed by atoms with Crippen LogP contribution in [-0.2, 0) is 6.18 Å². The lowest BCUT2D eigenvalue weighted by molar-refractivity contribution is -0.137. The number of benzene rings is 1. The minimum Gasteiger partial charge on any atom is -0.307 e. The van der Waals surface area contributed by atoms with Crippen molar-refractivity contribution in [2.24, 2.45) is 0 Å². The van der Waals surface area contributed by atoms with Gasteiger partial charge in [0, 0.05) is 10.2 Å². The number of hydrogen-bond donors (Lipinski definition) is 3. The lowest BCUT2D eigenvalue weighted by Crippen LogP contribution is -2.43. The molecule has 128 valence electrons. The molecule has 0 aliphatic heterocycles. The second kappa shape index (κ2) is 7.53. The summed E-state index contributed by atoms with van der Waals surface area (Å²) in [7, 11) is 0. The molecule has 0 radical (unpaired) electrons. The van der Waals surface area contributed by atoms with Gasteiger partial charge >= 0.3 is 12.2 Å². The molecule has 0 saturated heterocycles. The number of carbonyl (C=O) groups is 2. The third-order valence-electron chi connectivity index (χ3n) is 2.61. The summed E-state index contributed by atoms with van der Waals surface area (Å²) in [5.41, 5.74) is 3.26. The fraction of sp³-hybridized carbons (Fsp3) is 0.0769. The first-order valence-corrected chi connectivity index (χ1v) is 8.56. The zero-order chi connectivity index (χ0) is 17.9. The molecule has 1 heterocycles. The van der Waals surface area contributed by atoms with Gasteiger partial charge in [0.1, 0.15) is 0 Å². The number of halogens is 5. The molecule has 2 aromatic rings. The number of hydrazine groups is 1. The average molecular weight is 487 g/mol. The van der Waals surface area contributed by atoms with Gasteiger partial charge in [-0.15, -0.1) is 11.3 Å². The molecular weight excluding hydrogens is 479 g/mol. The van der Waals surface area contributed by atoms with Gasteiger partial charge in [-0.3, -0.25) is 10.2 Å². The standard InChI is InChI=1S/C13H8Br2F3N3O2S/c14-8-5-9(24-10(8)15)11(22)20-21-12(23)19-7-3-1-2-6(4-7)13(16,17)18/h1-5H,(H,20,22)(H2,19,21,23). The highest BCUT2D eigenvalue weighted by atomic mass is 79.9. The molecule has 2 rings (SSSR count). The molecule has 0 aliphatic rings. The summed E-state index contributed by atoms with van der Waals surface area (Å²) in [5.74, 6) is -0.564. The van der Waals surface area contributed by atoms with E-state index in [4.69, 9.17) is 0 Å². The minimum atomic E-state index is -4.51. The molecule has 11 heteroatoms. The van der Waals surface area contributed by atoms with Crippen LogP contribution >= 0.6 is 43.2 Å². The lowest BCUT2D eigenvalue weighted by Gasteiger charge is -2.11. The largest absolute Gasteiger partial charge is 0.416 e. The van der Waals surface area contributed by atoms with Gasteiger partial charge < -0.3 is 5.32 Å². The Kier molecular flexibility index (Phi) is 5.88. The van der Waals surface area contributed by atoms with Crippen LogP contribution in [0.5, 0.6) is 0 Å². The third kappa shape index (κ3) is 4.95. The number of alkyl halides is 3. The summed E-state index contributed by atoms with van der Waals surface area (Å²) in [5, 5.41) is 2.20. The molecule has 3 N–H and O–H groups in total. The van der Waals surface area contributed by atoms with Gasteiger partial charge in [-0.05, 0) is 56.1 Å². The first kappa shape index (κ1) is 18.7. The Morgan fingerprint density at radius 3 is 2.38 bits per heavy atom. The second-order valence-corrected chi connectivity index (χ2v) is 7.57. The molecule has 5 nitrogen and oxygen atoms in total. The van der Waals surface area contributed by atoms with Crippen molar-refractivity contribution >= 4 is 60.8 Å². The zero-order valence-electron chi connectivity index (χ0n) is 11.5. The summed E-state index contributed by atoms with van der Waals surface area (Å²) in [6.45, 7) is 0. The highest BCUT2D eigenvalue weighted by Crippen LogP contribution is 2.32. The van der Waals surface area contributed by atoms with Crippen LogP contribution in [0.25, 0.3) is 0 Å². The van der Waals surface area contributed by atoms with E-state index < -0.39 is 23.7 Å². The fourth-order valence-electron chi connectivity index (χ4n) is 1.57. The molecule has 0 unspecified atom stereocenters. The first-order chi connectivity index (χ1) is 11.2. The van der Waals surface area contributed by atoms with Crippen LogP contribution in [0.3, 0.4) is 0 Å².